The molecule has 0 atom stereocenters. The zero-order valence-corrected chi connectivity index (χ0v) is 11.6. The van der Waals surface area contributed by atoms with Gasteiger partial charge in [-0.2, -0.15) is 0 Å². The SMILES string of the molecule is Fc1ccc2nc(-c3ccccc3I)sc2c1. The molecule has 0 saturated heterocycles. The van der Waals surface area contributed by atoms with E-state index in [1.165, 1.54) is 23.5 Å². The van der Waals surface area contributed by atoms with E-state index in [0.717, 1.165) is 24.4 Å². The Hall–Kier alpha value is -1.01. The summed E-state index contributed by atoms with van der Waals surface area (Å²) in [4.78, 5) is 4.53. The molecule has 0 spiro atoms. The van der Waals surface area contributed by atoms with E-state index in [9.17, 15) is 4.39 Å². The van der Waals surface area contributed by atoms with Gasteiger partial charge in [-0.3, -0.25) is 0 Å². The van der Waals surface area contributed by atoms with Gasteiger partial charge in [0.05, 0.1) is 10.2 Å². The average Bonchev–Trinajstić information content (AvgIpc) is 2.72. The molecule has 0 unspecified atom stereocenters. The fourth-order valence-corrected chi connectivity index (χ4v) is 3.50. The van der Waals surface area contributed by atoms with E-state index < -0.39 is 0 Å². The molecule has 0 N–H and O–H groups in total. The van der Waals surface area contributed by atoms with Crippen molar-refractivity contribution in [3.05, 3.63) is 51.9 Å². The minimum Gasteiger partial charge on any atom is -0.236 e. The van der Waals surface area contributed by atoms with Crippen molar-refractivity contribution in [1.82, 2.24) is 4.98 Å². The normalized spacial score (nSPS) is 10.9. The van der Waals surface area contributed by atoms with Crippen molar-refractivity contribution >= 4 is 44.1 Å². The zero-order valence-electron chi connectivity index (χ0n) is 8.65. The van der Waals surface area contributed by atoms with Crippen LogP contribution in [-0.2, 0) is 0 Å². The number of benzene rings is 2. The Labute approximate surface area is 115 Å². The number of fused-ring (bicyclic) bond motifs is 1. The highest BCUT2D eigenvalue weighted by atomic mass is 127. The first-order valence-electron chi connectivity index (χ1n) is 5.05. The van der Waals surface area contributed by atoms with Crippen LogP contribution in [0.4, 0.5) is 4.39 Å². The lowest BCUT2D eigenvalue weighted by atomic mass is 10.2. The Kier molecular flexibility index (Phi) is 2.84. The molecule has 0 amide bonds. The lowest BCUT2D eigenvalue weighted by molar-refractivity contribution is 0.630. The quantitative estimate of drug-likeness (QED) is 0.577. The summed E-state index contributed by atoms with van der Waals surface area (Å²) in [6, 6.07) is 12.8. The van der Waals surface area contributed by atoms with Gasteiger partial charge < -0.3 is 0 Å². The highest BCUT2D eigenvalue weighted by Crippen LogP contribution is 2.32. The van der Waals surface area contributed by atoms with E-state index in [4.69, 9.17) is 0 Å². The van der Waals surface area contributed by atoms with Crippen molar-refractivity contribution in [2.24, 2.45) is 0 Å². The molecule has 3 aromatic rings. The van der Waals surface area contributed by atoms with Crippen molar-refractivity contribution in [2.45, 2.75) is 0 Å². The summed E-state index contributed by atoms with van der Waals surface area (Å²) >= 11 is 3.81. The number of halogens is 2. The average molecular weight is 355 g/mol. The summed E-state index contributed by atoms with van der Waals surface area (Å²) in [6.07, 6.45) is 0. The highest BCUT2D eigenvalue weighted by molar-refractivity contribution is 14.1. The fraction of sp³-hybridized carbons (Fsp3) is 0. The maximum absolute atomic E-state index is 13.1. The number of hydrogen-bond acceptors (Lipinski definition) is 2. The van der Waals surface area contributed by atoms with Gasteiger partial charge in [-0.15, -0.1) is 11.3 Å². The van der Waals surface area contributed by atoms with Crippen molar-refractivity contribution in [1.29, 1.82) is 0 Å². The Morgan fingerprint density at radius 1 is 1.12 bits per heavy atom. The molecule has 0 aliphatic carbocycles. The topological polar surface area (TPSA) is 12.9 Å². The van der Waals surface area contributed by atoms with E-state index in [1.54, 1.807) is 6.07 Å². The minimum absolute atomic E-state index is 0.213. The molecule has 1 heterocycles. The van der Waals surface area contributed by atoms with E-state index >= 15 is 0 Å². The summed E-state index contributed by atoms with van der Waals surface area (Å²) in [5.41, 5.74) is 1.96. The van der Waals surface area contributed by atoms with Crippen LogP contribution in [0.3, 0.4) is 0 Å². The van der Waals surface area contributed by atoms with Crippen LogP contribution in [0.2, 0.25) is 0 Å². The molecule has 0 aliphatic heterocycles. The second kappa shape index (κ2) is 4.34. The largest absolute Gasteiger partial charge is 0.236 e. The van der Waals surface area contributed by atoms with Gasteiger partial charge in [-0.05, 0) is 46.9 Å². The predicted molar refractivity (Wildman–Crippen MR) is 77.7 cm³/mol. The minimum atomic E-state index is -0.213. The summed E-state index contributed by atoms with van der Waals surface area (Å²) < 4.78 is 15.2. The highest BCUT2D eigenvalue weighted by Gasteiger charge is 2.09. The van der Waals surface area contributed by atoms with Gasteiger partial charge in [0.15, 0.2) is 0 Å². The number of aromatic nitrogens is 1. The molecule has 0 aliphatic rings. The number of rotatable bonds is 1. The standard InChI is InChI=1S/C13H7FINS/c14-8-5-6-11-12(7-8)17-13(16-11)9-3-1-2-4-10(9)15/h1-7H. The van der Waals surface area contributed by atoms with Gasteiger partial charge in [-0.25, -0.2) is 9.37 Å². The fourth-order valence-electron chi connectivity index (χ4n) is 1.65. The number of hydrogen-bond donors (Lipinski definition) is 0. The lowest BCUT2D eigenvalue weighted by Crippen LogP contribution is -1.79. The molecule has 17 heavy (non-hydrogen) atoms. The maximum atomic E-state index is 13.1. The van der Waals surface area contributed by atoms with Gasteiger partial charge in [0, 0.05) is 9.13 Å². The Morgan fingerprint density at radius 2 is 1.94 bits per heavy atom. The van der Waals surface area contributed by atoms with E-state index in [1.807, 2.05) is 24.3 Å². The first-order valence-corrected chi connectivity index (χ1v) is 6.94. The molecule has 0 radical (unpaired) electrons. The lowest BCUT2D eigenvalue weighted by Gasteiger charge is -1.97. The van der Waals surface area contributed by atoms with Crippen LogP contribution in [0.5, 0.6) is 0 Å². The van der Waals surface area contributed by atoms with E-state index in [0.29, 0.717) is 0 Å². The molecular weight excluding hydrogens is 348 g/mol. The third-order valence-electron chi connectivity index (χ3n) is 2.45. The third kappa shape index (κ3) is 2.07. The molecule has 0 bridgehead atoms. The van der Waals surface area contributed by atoms with E-state index in [-0.39, 0.29) is 5.82 Å². The number of thiazole rings is 1. The number of nitrogens with zero attached hydrogens (tertiary/aromatic N) is 1. The molecule has 0 fully saturated rings. The van der Waals surface area contributed by atoms with Crippen LogP contribution >= 0.6 is 33.9 Å². The molecule has 0 saturated carbocycles. The van der Waals surface area contributed by atoms with E-state index in [2.05, 4.69) is 27.6 Å². The van der Waals surface area contributed by atoms with Gasteiger partial charge in [0.1, 0.15) is 10.8 Å². The van der Waals surface area contributed by atoms with Crippen LogP contribution in [0.1, 0.15) is 0 Å². The first kappa shape index (κ1) is 11.1. The maximum Gasteiger partial charge on any atom is 0.125 e. The second-order valence-electron chi connectivity index (χ2n) is 3.61. The molecule has 3 rings (SSSR count). The first-order chi connectivity index (χ1) is 8.24. The van der Waals surface area contributed by atoms with Gasteiger partial charge >= 0.3 is 0 Å². The molecule has 1 nitrogen and oxygen atoms in total. The molecule has 84 valence electrons. The van der Waals surface area contributed by atoms with Crippen LogP contribution in [0.15, 0.2) is 42.5 Å². The van der Waals surface area contributed by atoms with Crippen LogP contribution < -0.4 is 0 Å². The summed E-state index contributed by atoms with van der Waals surface area (Å²) in [6.45, 7) is 0. The Bertz CT molecular complexity index is 693. The molecule has 4 heteroatoms. The Morgan fingerprint density at radius 3 is 2.76 bits per heavy atom. The van der Waals surface area contributed by atoms with Crippen LogP contribution in [0.25, 0.3) is 20.8 Å². The summed E-state index contributed by atoms with van der Waals surface area (Å²) in [5.74, 6) is -0.213. The monoisotopic (exact) mass is 355 g/mol. The van der Waals surface area contributed by atoms with Crippen molar-refractivity contribution in [3.8, 4) is 10.6 Å². The van der Waals surface area contributed by atoms with Gasteiger partial charge in [-0.1, -0.05) is 18.2 Å². The molecule has 2 aromatic carbocycles. The van der Waals surface area contributed by atoms with Crippen molar-refractivity contribution in [2.75, 3.05) is 0 Å². The zero-order chi connectivity index (χ0) is 11.8. The van der Waals surface area contributed by atoms with Crippen molar-refractivity contribution < 1.29 is 4.39 Å². The van der Waals surface area contributed by atoms with Crippen molar-refractivity contribution in [3.63, 3.8) is 0 Å². The molecule has 1 aromatic heterocycles. The summed E-state index contributed by atoms with van der Waals surface area (Å²) in [7, 11) is 0. The smallest absolute Gasteiger partial charge is 0.125 e. The Balaban J connectivity index is 2.22. The van der Waals surface area contributed by atoms with Gasteiger partial charge in [0.2, 0.25) is 0 Å². The molecular formula is C13H7FINS. The van der Waals surface area contributed by atoms with Gasteiger partial charge in [0.25, 0.3) is 0 Å². The second-order valence-corrected chi connectivity index (χ2v) is 5.80. The third-order valence-corrected chi connectivity index (χ3v) is 4.45. The summed E-state index contributed by atoms with van der Waals surface area (Å²) in [5, 5.41) is 0.940. The van der Waals surface area contributed by atoms with Crippen LogP contribution in [0, 0.1) is 9.39 Å². The predicted octanol–water partition coefficient (Wildman–Crippen LogP) is 4.71. The van der Waals surface area contributed by atoms with Crippen LogP contribution in [-0.4, -0.2) is 4.98 Å².